The highest BCUT2D eigenvalue weighted by Gasteiger charge is 2.23. The van der Waals surface area contributed by atoms with E-state index in [4.69, 9.17) is 0 Å². The number of aromatic amines is 1. The molecule has 5 nitrogen and oxygen atoms in total. The van der Waals surface area contributed by atoms with Gasteiger partial charge in [0.2, 0.25) is 0 Å². The number of nitrogens with one attached hydrogen (secondary N) is 1. The maximum atomic E-state index is 12.1. The standard InChI is InChI=1S/C6H7F2N3O2/c1-2-13-6(12)4-3(5(7)8)9-11-10-4/h5H,2H2,1H3,(H,9,10,11). The molecule has 0 saturated carbocycles. The number of esters is 1. The van der Waals surface area contributed by atoms with Gasteiger partial charge in [0.25, 0.3) is 6.43 Å². The van der Waals surface area contributed by atoms with Crippen LogP contribution in [0.15, 0.2) is 0 Å². The molecule has 0 aliphatic carbocycles. The molecule has 0 spiro atoms. The molecular formula is C6H7F2N3O2. The predicted molar refractivity (Wildman–Crippen MR) is 37.3 cm³/mol. The monoisotopic (exact) mass is 191 g/mol. The van der Waals surface area contributed by atoms with Crippen molar-refractivity contribution in [3.05, 3.63) is 11.4 Å². The molecule has 0 fully saturated rings. The molecule has 1 N–H and O–H groups in total. The predicted octanol–water partition coefficient (Wildman–Crippen LogP) is 0.919. The Kier molecular flexibility index (Phi) is 2.88. The lowest BCUT2D eigenvalue weighted by atomic mass is 10.3. The van der Waals surface area contributed by atoms with E-state index in [1.807, 2.05) is 5.10 Å². The van der Waals surface area contributed by atoms with Crippen molar-refractivity contribution < 1.29 is 18.3 Å². The average Bonchev–Trinajstić information content (AvgIpc) is 2.52. The molecule has 0 aliphatic rings. The summed E-state index contributed by atoms with van der Waals surface area (Å²) in [5, 5.41) is 8.22. The van der Waals surface area contributed by atoms with Crippen LogP contribution in [-0.2, 0) is 4.74 Å². The zero-order chi connectivity index (χ0) is 9.84. The molecule has 0 atom stereocenters. The van der Waals surface area contributed by atoms with E-state index in [2.05, 4.69) is 15.0 Å². The first kappa shape index (κ1) is 9.56. The summed E-state index contributed by atoms with van der Waals surface area (Å²) in [6.45, 7) is 1.68. The van der Waals surface area contributed by atoms with Gasteiger partial charge in [0.15, 0.2) is 5.69 Å². The van der Waals surface area contributed by atoms with Crippen LogP contribution in [0.4, 0.5) is 8.78 Å². The van der Waals surface area contributed by atoms with E-state index in [1.165, 1.54) is 0 Å². The minimum Gasteiger partial charge on any atom is -0.461 e. The van der Waals surface area contributed by atoms with Crippen LogP contribution in [0.3, 0.4) is 0 Å². The fourth-order valence-electron chi connectivity index (χ4n) is 0.738. The van der Waals surface area contributed by atoms with E-state index in [1.54, 1.807) is 6.92 Å². The minimum absolute atomic E-state index is 0.106. The number of aromatic nitrogens is 3. The minimum atomic E-state index is -2.81. The van der Waals surface area contributed by atoms with Crippen LogP contribution in [0.25, 0.3) is 0 Å². The lowest BCUT2D eigenvalue weighted by Crippen LogP contribution is -2.08. The molecule has 0 aliphatic heterocycles. The first-order chi connectivity index (χ1) is 6.16. The smallest absolute Gasteiger partial charge is 0.361 e. The van der Waals surface area contributed by atoms with Gasteiger partial charge in [-0.15, -0.1) is 5.10 Å². The Morgan fingerprint density at radius 1 is 1.69 bits per heavy atom. The summed E-state index contributed by atoms with van der Waals surface area (Å²) in [5.74, 6) is -0.897. The van der Waals surface area contributed by atoms with Crippen LogP contribution in [0, 0.1) is 0 Å². The van der Waals surface area contributed by atoms with E-state index in [9.17, 15) is 13.6 Å². The molecule has 1 aromatic rings. The van der Waals surface area contributed by atoms with Gasteiger partial charge >= 0.3 is 5.97 Å². The van der Waals surface area contributed by atoms with Crippen molar-refractivity contribution in [1.29, 1.82) is 0 Å². The first-order valence-electron chi connectivity index (χ1n) is 3.53. The molecule has 7 heteroatoms. The Balaban J connectivity index is 2.87. The Bertz CT molecular complexity index is 300. The molecule has 1 heterocycles. The maximum Gasteiger partial charge on any atom is 0.361 e. The second-order valence-corrected chi connectivity index (χ2v) is 2.10. The van der Waals surface area contributed by atoms with E-state index >= 15 is 0 Å². The normalized spacial score (nSPS) is 10.5. The van der Waals surface area contributed by atoms with E-state index in [-0.39, 0.29) is 6.61 Å². The third-order valence-corrected chi connectivity index (χ3v) is 1.26. The molecule has 0 saturated heterocycles. The number of halogens is 2. The van der Waals surface area contributed by atoms with Gasteiger partial charge in [-0.25, -0.2) is 13.6 Å². The number of ether oxygens (including phenoxy) is 1. The third-order valence-electron chi connectivity index (χ3n) is 1.26. The summed E-state index contributed by atoms with van der Waals surface area (Å²) < 4.78 is 28.8. The summed E-state index contributed by atoms with van der Waals surface area (Å²) in [7, 11) is 0. The van der Waals surface area contributed by atoms with Crippen LogP contribution < -0.4 is 0 Å². The Labute approximate surface area is 72.1 Å². The summed E-state index contributed by atoms with van der Waals surface area (Å²) >= 11 is 0. The third kappa shape index (κ3) is 1.98. The molecule has 72 valence electrons. The van der Waals surface area contributed by atoms with Gasteiger partial charge < -0.3 is 4.74 Å². The van der Waals surface area contributed by atoms with E-state index < -0.39 is 23.8 Å². The lowest BCUT2D eigenvalue weighted by Gasteiger charge is -1.99. The van der Waals surface area contributed by atoms with Gasteiger partial charge in [-0.05, 0) is 6.92 Å². The fourth-order valence-corrected chi connectivity index (χ4v) is 0.738. The Morgan fingerprint density at radius 3 is 2.92 bits per heavy atom. The van der Waals surface area contributed by atoms with Gasteiger partial charge in [0.05, 0.1) is 6.61 Å². The summed E-state index contributed by atoms with van der Waals surface area (Å²) in [6, 6.07) is 0. The van der Waals surface area contributed by atoms with Gasteiger partial charge in [-0.1, -0.05) is 5.21 Å². The van der Waals surface area contributed by atoms with Crippen molar-refractivity contribution in [2.75, 3.05) is 6.61 Å². The topological polar surface area (TPSA) is 67.9 Å². The van der Waals surface area contributed by atoms with Crippen molar-refractivity contribution >= 4 is 5.97 Å². The molecule has 0 unspecified atom stereocenters. The SMILES string of the molecule is CCOC(=O)c1nn[nH]c1C(F)F. The summed E-state index contributed by atoms with van der Waals surface area (Å²) in [5.41, 5.74) is -1.07. The van der Waals surface area contributed by atoms with Crippen LogP contribution in [0.5, 0.6) is 0 Å². The van der Waals surface area contributed by atoms with Gasteiger partial charge in [0, 0.05) is 0 Å². The van der Waals surface area contributed by atoms with Crippen LogP contribution >= 0.6 is 0 Å². The van der Waals surface area contributed by atoms with Gasteiger partial charge in [-0.3, -0.25) is 5.10 Å². The molecular weight excluding hydrogens is 184 g/mol. The van der Waals surface area contributed by atoms with Crippen molar-refractivity contribution in [1.82, 2.24) is 15.4 Å². The number of hydrogen-bond donors (Lipinski definition) is 1. The van der Waals surface area contributed by atoms with Crippen LogP contribution in [-0.4, -0.2) is 28.0 Å². The second-order valence-electron chi connectivity index (χ2n) is 2.10. The lowest BCUT2D eigenvalue weighted by molar-refractivity contribution is 0.0508. The molecule has 13 heavy (non-hydrogen) atoms. The summed E-state index contributed by atoms with van der Waals surface area (Å²) in [4.78, 5) is 11.0. The molecule has 0 radical (unpaired) electrons. The molecule has 0 amide bonds. The fraction of sp³-hybridized carbons (Fsp3) is 0.500. The largest absolute Gasteiger partial charge is 0.461 e. The molecule has 1 aromatic heterocycles. The van der Waals surface area contributed by atoms with Crippen molar-refractivity contribution in [3.63, 3.8) is 0 Å². The van der Waals surface area contributed by atoms with Crippen molar-refractivity contribution in [2.24, 2.45) is 0 Å². The van der Waals surface area contributed by atoms with E-state index in [0.29, 0.717) is 0 Å². The first-order valence-corrected chi connectivity index (χ1v) is 3.53. The quantitative estimate of drug-likeness (QED) is 0.721. The highest BCUT2D eigenvalue weighted by atomic mass is 19.3. The number of carbonyl (C=O) groups excluding carboxylic acids is 1. The number of nitrogens with zero attached hydrogens (tertiary/aromatic N) is 2. The maximum absolute atomic E-state index is 12.1. The molecule has 0 bridgehead atoms. The Morgan fingerprint density at radius 2 is 2.38 bits per heavy atom. The highest BCUT2D eigenvalue weighted by Crippen LogP contribution is 2.18. The highest BCUT2D eigenvalue weighted by molar-refractivity contribution is 5.88. The number of H-pyrrole nitrogens is 1. The molecule has 0 aromatic carbocycles. The zero-order valence-corrected chi connectivity index (χ0v) is 6.75. The van der Waals surface area contributed by atoms with Gasteiger partial charge in [0.1, 0.15) is 5.69 Å². The summed E-state index contributed by atoms with van der Waals surface area (Å²) in [6.07, 6.45) is -2.81. The Hall–Kier alpha value is -1.53. The van der Waals surface area contributed by atoms with Crippen LogP contribution in [0.2, 0.25) is 0 Å². The number of rotatable bonds is 3. The van der Waals surface area contributed by atoms with Crippen LogP contribution in [0.1, 0.15) is 29.5 Å². The zero-order valence-electron chi connectivity index (χ0n) is 6.75. The van der Waals surface area contributed by atoms with Gasteiger partial charge in [-0.2, -0.15) is 0 Å². The molecule has 1 rings (SSSR count). The average molecular weight is 191 g/mol. The second kappa shape index (κ2) is 3.92. The van der Waals surface area contributed by atoms with Crippen molar-refractivity contribution in [2.45, 2.75) is 13.3 Å². The number of alkyl halides is 2. The van der Waals surface area contributed by atoms with Crippen molar-refractivity contribution in [3.8, 4) is 0 Å². The van der Waals surface area contributed by atoms with E-state index in [0.717, 1.165) is 0 Å². The number of hydrogen-bond acceptors (Lipinski definition) is 4. The number of carbonyl (C=O) groups is 1.